The molecule has 15 heavy (non-hydrogen) atoms. The molecule has 1 heterocycles. The maximum atomic E-state index is 13.4. The number of rotatable bonds is 1. The van der Waals surface area contributed by atoms with Gasteiger partial charge in [-0.2, -0.15) is 0 Å². The lowest BCUT2D eigenvalue weighted by atomic mass is 10.1. The van der Waals surface area contributed by atoms with E-state index in [1.54, 1.807) is 13.0 Å². The minimum Gasteiger partial charge on any atom is -0.392 e. The summed E-state index contributed by atoms with van der Waals surface area (Å²) < 4.78 is 26.8. The van der Waals surface area contributed by atoms with Crippen molar-refractivity contribution in [2.24, 2.45) is 0 Å². The molecule has 0 unspecified atom stereocenters. The minimum absolute atomic E-state index is 0.0287. The second-order valence-corrected chi connectivity index (χ2v) is 3.33. The SMILES string of the molecule is Cc1cc(CO)c2c(F)ccc(F)c2n1. The minimum atomic E-state index is -0.579. The smallest absolute Gasteiger partial charge is 0.149 e. The molecule has 2 rings (SSSR count). The van der Waals surface area contributed by atoms with E-state index in [9.17, 15) is 8.78 Å². The molecular weight excluding hydrogens is 200 g/mol. The van der Waals surface area contributed by atoms with E-state index in [-0.39, 0.29) is 17.5 Å². The van der Waals surface area contributed by atoms with E-state index >= 15 is 0 Å². The summed E-state index contributed by atoms with van der Waals surface area (Å²) in [5.41, 5.74) is 0.879. The van der Waals surface area contributed by atoms with E-state index in [0.717, 1.165) is 12.1 Å². The van der Waals surface area contributed by atoms with Gasteiger partial charge in [-0.15, -0.1) is 0 Å². The summed E-state index contributed by atoms with van der Waals surface area (Å²) in [7, 11) is 0. The van der Waals surface area contributed by atoms with Crippen LogP contribution >= 0.6 is 0 Å². The molecule has 0 atom stereocenters. The van der Waals surface area contributed by atoms with Crippen LogP contribution in [0, 0.1) is 18.6 Å². The van der Waals surface area contributed by atoms with Gasteiger partial charge in [-0.1, -0.05) is 0 Å². The molecule has 0 aliphatic carbocycles. The van der Waals surface area contributed by atoms with Crippen LogP contribution in [0.4, 0.5) is 8.78 Å². The second-order valence-electron chi connectivity index (χ2n) is 3.33. The van der Waals surface area contributed by atoms with E-state index in [1.165, 1.54) is 0 Å². The molecular formula is C11H9F2NO. The Morgan fingerprint density at radius 3 is 2.60 bits per heavy atom. The first kappa shape index (κ1) is 9.98. The number of halogens is 2. The molecule has 2 nitrogen and oxygen atoms in total. The molecule has 2 aromatic rings. The number of nitrogens with zero attached hydrogens (tertiary/aromatic N) is 1. The van der Waals surface area contributed by atoms with Gasteiger partial charge in [0.1, 0.15) is 17.2 Å². The van der Waals surface area contributed by atoms with Gasteiger partial charge in [0.15, 0.2) is 0 Å². The maximum Gasteiger partial charge on any atom is 0.149 e. The van der Waals surface area contributed by atoms with Crippen molar-refractivity contribution in [2.75, 3.05) is 0 Å². The van der Waals surface area contributed by atoms with Gasteiger partial charge in [0, 0.05) is 11.1 Å². The van der Waals surface area contributed by atoms with E-state index in [4.69, 9.17) is 5.11 Å². The molecule has 0 aliphatic rings. The standard InChI is InChI=1S/C11H9F2NO/c1-6-4-7(5-15)10-8(12)2-3-9(13)11(10)14-6/h2-4,15H,5H2,1H3. The van der Waals surface area contributed by atoms with E-state index < -0.39 is 11.6 Å². The third kappa shape index (κ3) is 1.57. The molecule has 4 heteroatoms. The van der Waals surface area contributed by atoms with Gasteiger partial charge in [0.05, 0.1) is 6.61 Å². The summed E-state index contributed by atoms with van der Waals surface area (Å²) in [4.78, 5) is 3.92. The highest BCUT2D eigenvalue weighted by atomic mass is 19.1. The van der Waals surface area contributed by atoms with Crippen LogP contribution in [0.3, 0.4) is 0 Å². The van der Waals surface area contributed by atoms with Crippen molar-refractivity contribution < 1.29 is 13.9 Å². The van der Waals surface area contributed by atoms with Crippen molar-refractivity contribution in [1.82, 2.24) is 4.98 Å². The first-order chi connectivity index (χ1) is 7.13. The number of aliphatic hydroxyl groups excluding tert-OH is 1. The number of benzene rings is 1. The van der Waals surface area contributed by atoms with Crippen molar-refractivity contribution in [3.05, 3.63) is 41.1 Å². The fourth-order valence-electron chi connectivity index (χ4n) is 1.61. The van der Waals surface area contributed by atoms with Gasteiger partial charge < -0.3 is 5.11 Å². The molecule has 1 N–H and O–H groups in total. The number of fused-ring (bicyclic) bond motifs is 1. The predicted octanol–water partition coefficient (Wildman–Crippen LogP) is 2.31. The summed E-state index contributed by atoms with van der Waals surface area (Å²) in [5, 5.41) is 9.12. The van der Waals surface area contributed by atoms with E-state index in [0.29, 0.717) is 11.3 Å². The Balaban J connectivity index is 2.95. The molecule has 0 amide bonds. The summed E-state index contributed by atoms with van der Waals surface area (Å²) in [6.07, 6.45) is 0. The average molecular weight is 209 g/mol. The van der Waals surface area contributed by atoms with Crippen molar-refractivity contribution in [3.8, 4) is 0 Å². The zero-order valence-electron chi connectivity index (χ0n) is 8.09. The van der Waals surface area contributed by atoms with Gasteiger partial charge in [-0.25, -0.2) is 13.8 Å². The largest absolute Gasteiger partial charge is 0.392 e. The van der Waals surface area contributed by atoms with Crippen LogP contribution in [-0.2, 0) is 6.61 Å². The van der Waals surface area contributed by atoms with Crippen LogP contribution in [0.15, 0.2) is 18.2 Å². The molecule has 0 radical (unpaired) electrons. The number of hydrogen-bond donors (Lipinski definition) is 1. The van der Waals surface area contributed by atoms with E-state index in [1.807, 2.05) is 0 Å². The number of hydrogen-bond acceptors (Lipinski definition) is 2. The third-order valence-electron chi connectivity index (χ3n) is 2.24. The Kier molecular flexibility index (Phi) is 2.36. The highest BCUT2D eigenvalue weighted by Gasteiger charge is 2.11. The average Bonchev–Trinajstić information content (AvgIpc) is 2.22. The Morgan fingerprint density at radius 1 is 1.27 bits per heavy atom. The normalized spacial score (nSPS) is 10.9. The Bertz CT molecular complexity index is 525. The molecule has 0 spiro atoms. The summed E-state index contributed by atoms with van der Waals surface area (Å²) in [5.74, 6) is -1.15. The molecule has 78 valence electrons. The quantitative estimate of drug-likeness (QED) is 0.781. The highest BCUT2D eigenvalue weighted by Crippen LogP contribution is 2.23. The molecule has 1 aromatic carbocycles. The second kappa shape index (κ2) is 3.55. The lowest BCUT2D eigenvalue weighted by molar-refractivity contribution is 0.283. The molecule has 0 fully saturated rings. The van der Waals surface area contributed by atoms with Gasteiger partial charge >= 0.3 is 0 Å². The fraction of sp³-hybridized carbons (Fsp3) is 0.182. The summed E-state index contributed by atoms with van der Waals surface area (Å²) >= 11 is 0. The van der Waals surface area contributed by atoms with E-state index in [2.05, 4.69) is 4.98 Å². The van der Waals surface area contributed by atoms with Crippen LogP contribution < -0.4 is 0 Å². The summed E-state index contributed by atoms with van der Waals surface area (Å²) in [6.45, 7) is 1.34. The predicted molar refractivity (Wildman–Crippen MR) is 52.3 cm³/mol. The summed E-state index contributed by atoms with van der Waals surface area (Å²) in [6, 6.07) is 3.62. The highest BCUT2D eigenvalue weighted by molar-refractivity contribution is 5.83. The van der Waals surface area contributed by atoms with Crippen molar-refractivity contribution in [2.45, 2.75) is 13.5 Å². The van der Waals surface area contributed by atoms with Crippen LogP contribution in [0.2, 0.25) is 0 Å². The first-order valence-electron chi connectivity index (χ1n) is 4.48. The number of pyridine rings is 1. The lowest BCUT2D eigenvalue weighted by Crippen LogP contribution is -1.96. The van der Waals surface area contributed by atoms with Gasteiger partial charge in [0.2, 0.25) is 0 Å². The molecule has 0 saturated carbocycles. The number of aliphatic hydroxyl groups is 1. The fourth-order valence-corrected chi connectivity index (χ4v) is 1.61. The zero-order chi connectivity index (χ0) is 11.0. The van der Waals surface area contributed by atoms with Crippen LogP contribution in [0.25, 0.3) is 10.9 Å². The van der Waals surface area contributed by atoms with Crippen molar-refractivity contribution >= 4 is 10.9 Å². The number of aryl methyl sites for hydroxylation is 1. The third-order valence-corrected chi connectivity index (χ3v) is 2.24. The molecule has 0 aliphatic heterocycles. The number of aromatic nitrogens is 1. The monoisotopic (exact) mass is 209 g/mol. The molecule has 0 saturated heterocycles. The zero-order valence-corrected chi connectivity index (χ0v) is 8.09. The lowest BCUT2D eigenvalue weighted by Gasteiger charge is -2.06. The van der Waals surface area contributed by atoms with Crippen LogP contribution in [0.5, 0.6) is 0 Å². The van der Waals surface area contributed by atoms with Crippen LogP contribution in [0.1, 0.15) is 11.3 Å². The topological polar surface area (TPSA) is 33.1 Å². The Morgan fingerprint density at radius 2 is 1.93 bits per heavy atom. The van der Waals surface area contributed by atoms with Crippen LogP contribution in [-0.4, -0.2) is 10.1 Å². The van der Waals surface area contributed by atoms with Gasteiger partial charge in [-0.05, 0) is 30.7 Å². The van der Waals surface area contributed by atoms with Gasteiger partial charge in [0.25, 0.3) is 0 Å². The van der Waals surface area contributed by atoms with Gasteiger partial charge in [-0.3, -0.25) is 0 Å². The van der Waals surface area contributed by atoms with Crippen molar-refractivity contribution in [1.29, 1.82) is 0 Å². The Labute approximate surface area is 85.2 Å². The molecule has 1 aromatic heterocycles. The maximum absolute atomic E-state index is 13.4. The Hall–Kier alpha value is -1.55. The van der Waals surface area contributed by atoms with Crippen molar-refractivity contribution in [3.63, 3.8) is 0 Å². The first-order valence-corrected chi connectivity index (χ1v) is 4.48. The molecule has 0 bridgehead atoms.